The molecule has 2 rings (SSSR count). The molecule has 0 aromatic heterocycles. The molecule has 0 aromatic carbocycles. The number of carbonyl (C=O) groups excluding carboxylic acids is 1. The van der Waals surface area contributed by atoms with Crippen LogP contribution < -0.4 is 5.32 Å². The minimum atomic E-state index is -1.85. The van der Waals surface area contributed by atoms with E-state index in [0.29, 0.717) is 13.2 Å². The Labute approximate surface area is 114 Å². The molecule has 1 saturated heterocycles. The summed E-state index contributed by atoms with van der Waals surface area (Å²) in [4.78, 5) is 11.4. The van der Waals surface area contributed by atoms with Crippen molar-refractivity contribution in [1.29, 1.82) is 0 Å². The van der Waals surface area contributed by atoms with E-state index in [-0.39, 0.29) is 6.10 Å². The molecule has 1 N–H and O–H groups in total. The number of ether oxygens (including phenoxy) is 2. The zero-order valence-corrected chi connectivity index (χ0v) is 12.0. The van der Waals surface area contributed by atoms with Crippen LogP contribution >= 0.6 is 0 Å². The Morgan fingerprint density at radius 3 is 2.63 bits per heavy atom. The van der Waals surface area contributed by atoms with Gasteiger partial charge in [-0.2, -0.15) is 0 Å². The Morgan fingerprint density at radius 1 is 1.42 bits per heavy atom. The topological polar surface area (TPSA) is 47.6 Å². The molecule has 110 valence electrons. The van der Waals surface area contributed by atoms with Crippen LogP contribution in [0.25, 0.3) is 0 Å². The van der Waals surface area contributed by atoms with Gasteiger partial charge in [-0.05, 0) is 32.6 Å². The molecule has 1 aliphatic carbocycles. The van der Waals surface area contributed by atoms with Gasteiger partial charge < -0.3 is 14.8 Å². The zero-order chi connectivity index (χ0) is 14.1. The van der Waals surface area contributed by atoms with E-state index in [1.54, 1.807) is 0 Å². The van der Waals surface area contributed by atoms with E-state index < -0.39 is 17.4 Å². The van der Waals surface area contributed by atoms with Gasteiger partial charge in [-0.3, -0.25) is 4.79 Å². The lowest BCUT2D eigenvalue weighted by molar-refractivity contribution is -0.191. The third-order valence-electron chi connectivity index (χ3n) is 3.98. The summed E-state index contributed by atoms with van der Waals surface area (Å²) in [6.45, 7) is 5.52. The fourth-order valence-corrected chi connectivity index (χ4v) is 2.60. The van der Waals surface area contributed by atoms with Gasteiger partial charge in [-0.15, -0.1) is 0 Å². The first-order valence-corrected chi connectivity index (χ1v) is 7.10. The molecule has 1 atom stereocenters. The van der Waals surface area contributed by atoms with Crippen LogP contribution in [0, 0.1) is 5.92 Å². The first kappa shape index (κ1) is 14.7. The second-order valence-corrected chi connectivity index (χ2v) is 6.33. The summed E-state index contributed by atoms with van der Waals surface area (Å²) in [5, 5.41) is 2.58. The van der Waals surface area contributed by atoms with Crippen LogP contribution in [0.3, 0.4) is 0 Å². The molecular formula is C14H24FNO3. The van der Waals surface area contributed by atoms with Crippen LogP contribution in [0.1, 0.15) is 46.5 Å². The van der Waals surface area contributed by atoms with E-state index in [2.05, 4.69) is 12.2 Å². The maximum Gasteiger partial charge on any atom is 0.257 e. The second-order valence-electron chi connectivity index (χ2n) is 6.33. The van der Waals surface area contributed by atoms with Gasteiger partial charge in [0.1, 0.15) is 6.10 Å². The number of hydrogen-bond acceptors (Lipinski definition) is 3. The van der Waals surface area contributed by atoms with Crippen molar-refractivity contribution in [2.24, 2.45) is 5.92 Å². The maximum atomic E-state index is 13.4. The average molecular weight is 273 g/mol. The number of hydrogen-bond donors (Lipinski definition) is 1. The highest BCUT2D eigenvalue weighted by atomic mass is 19.1. The first-order valence-electron chi connectivity index (χ1n) is 7.10. The van der Waals surface area contributed by atoms with Crippen molar-refractivity contribution in [3.05, 3.63) is 0 Å². The van der Waals surface area contributed by atoms with E-state index in [1.807, 2.05) is 0 Å². The standard InChI is InChI=1S/C14H24FNO3/c1-10-4-6-14(7-5-10)18-9-11(19-14)8-16-12(17)13(2,3)15/h10-11H,4-9H2,1-3H3,(H,16,17)/t10?,11-,14?/m1/s1. The Kier molecular flexibility index (Phi) is 4.16. The molecule has 1 aliphatic heterocycles. The molecule has 2 fully saturated rings. The molecule has 1 saturated carbocycles. The van der Waals surface area contributed by atoms with Crippen molar-refractivity contribution in [2.45, 2.75) is 64.0 Å². The smallest absolute Gasteiger partial charge is 0.257 e. The Hall–Kier alpha value is -0.680. The minimum absolute atomic E-state index is 0.167. The van der Waals surface area contributed by atoms with E-state index in [4.69, 9.17) is 9.47 Å². The highest BCUT2D eigenvalue weighted by Gasteiger charge is 2.43. The monoisotopic (exact) mass is 273 g/mol. The number of amides is 1. The first-order chi connectivity index (χ1) is 8.81. The lowest BCUT2D eigenvalue weighted by Crippen LogP contribution is -2.43. The molecule has 0 bridgehead atoms. The van der Waals surface area contributed by atoms with Crippen LogP contribution in [-0.4, -0.2) is 36.6 Å². The van der Waals surface area contributed by atoms with Gasteiger partial charge >= 0.3 is 0 Å². The Balaban J connectivity index is 1.78. The van der Waals surface area contributed by atoms with Gasteiger partial charge in [0, 0.05) is 19.4 Å². The van der Waals surface area contributed by atoms with Crippen LogP contribution in [-0.2, 0) is 14.3 Å². The van der Waals surface area contributed by atoms with Crippen molar-refractivity contribution in [1.82, 2.24) is 5.32 Å². The molecule has 0 radical (unpaired) electrons. The summed E-state index contributed by atoms with van der Waals surface area (Å²) in [6.07, 6.45) is 3.87. The molecule has 1 amide bonds. The Bertz CT molecular complexity index is 332. The van der Waals surface area contributed by atoms with Gasteiger partial charge in [-0.25, -0.2) is 4.39 Å². The molecular weight excluding hydrogens is 249 g/mol. The molecule has 19 heavy (non-hydrogen) atoms. The number of rotatable bonds is 3. The normalized spacial score (nSPS) is 35.6. The van der Waals surface area contributed by atoms with Crippen molar-refractivity contribution in [3.8, 4) is 0 Å². The largest absolute Gasteiger partial charge is 0.351 e. The fraction of sp³-hybridized carbons (Fsp3) is 0.929. The molecule has 1 spiro atoms. The van der Waals surface area contributed by atoms with Crippen molar-refractivity contribution in [2.75, 3.05) is 13.2 Å². The molecule has 4 nitrogen and oxygen atoms in total. The zero-order valence-electron chi connectivity index (χ0n) is 12.0. The molecule has 0 aromatic rings. The minimum Gasteiger partial charge on any atom is -0.351 e. The van der Waals surface area contributed by atoms with E-state index in [9.17, 15) is 9.18 Å². The number of alkyl halides is 1. The van der Waals surface area contributed by atoms with Gasteiger partial charge in [0.15, 0.2) is 11.5 Å². The molecule has 5 heteroatoms. The van der Waals surface area contributed by atoms with E-state index in [1.165, 1.54) is 13.8 Å². The van der Waals surface area contributed by atoms with E-state index >= 15 is 0 Å². The highest BCUT2D eigenvalue weighted by molar-refractivity contribution is 5.84. The summed E-state index contributed by atoms with van der Waals surface area (Å²) >= 11 is 0. The van der Waals surface area contributed by atoms with Gasteiger partial charge in [-0.1, -0.05) is 6.92 Å². The summed E-state index contributed by atoms with van der Waals surface area (Å²) in [7, 11) is 0. The second kappa shape index (κ2) is 5.37. The predicted molar refractivity (Wildman–Crippen MR) is 69.4 cm³/mol. The number of halogens is 1. The van der Waals surface area contributed by atoms with E-state index in [0.717, 1.165) is 31.6 Å². The lowest BCUT2D eigenvalue weighted by Gasteiger charge is -2.34. The molecule has 0 unspecified atom stereocenters. The third-order valence-corrected chi connectivity index (χ3v) is 3.98. The van der Waals surface area contributed by atoms with Crippen LogP contribution in [0.5, 0.6) is 0 Å². The number of nitrogens with one attached hydrogen (secondary N) is 1. The van der Waals surface area contributed by atoms with Gasteiger partial charge in [0.25, 0.3) is 5.91 Å². The SMILES string of the molecule is CC1CCC2(CC1)OC[C@@H](CNC(=O)C(C)(C)F)O2. The summed E-state index contributed by atoms with van der Waals surface area (Å²) in [5.74, 6) is -0.328. The predicted octanol–water partition coefficient (Wildman–Crippen LogP) is 2.17. The quantitative estimate of drug-likeness (QED) is 0.857. The van der Waals surface area contributed by atoms with Crippen molar-refractivity contribution < 1.29 is 18.7 Å². The van der Waals surface area contributed by atoms with Crippen LogP contribution in [0.2, 0.25) is 0 Å². The van der Waals surface area contributed by atoms with Gasteiger partial charge in [0.2, 0.25) is 0 Å². The van der Waals surface area contributed by atoms with Crippen molar-refractivity contribution in [3.63, 3.8) is 0 Å². The average Bonchev–Trinajstić information content (AvgIpc) is 2.73. The Morgan fingerprint density at radius 2 is 2.05 bits per heavy atom. The van der Waals surface area contributed by atoms with Crippen LogP contribution in [0.15, 0.2) is 0 Å². The summed E-state index contributed by atoms with van der Waals surface area (Å²) in [6, 6.07) is 0. The number of carbonyl (C=O) groups is 1. The maximum absolute atomic E-state index is 13.4. The van der Waals surface area contributed by atoms with Crippen LogP contribution in [0.4, 0.5) is 4.39 Å². The third kappa shape index (κ3) is 3.66. The summed E-state index contributed by atoms with van der Waals surface area (Å²) in [5.41, 5.74) is -1.85. The van der Waals surface area contributed by atoms with Gasteiger partial charge in [0.05, 0.1) is 6.61 Å². The molecule has 2 aliphatic rings. The highest BCUT2D eigenvalue weighted by Crippen LogP contribution is 2.39. The summed E-state index contributed by atoms with van der Waals surface area (Å²) < 4.78 is 25.1. The molecule has 1 heterocycles. The van der Waals surface area contributed by atoms with Crippen molar-refractivity contribution >= 4 is 5.91 Å². The lowest BCUT2D eigenvalue weighted by atomic mass is 9.86. The fourth-order valence-electron chi connectivity index (χ4n) is 2.60.